The third-order valence-electron chi connectivity index (χ3n) is 6.49. The molecule has 0 saturated heterocycles. The molecule has 2 heterocycles. The zero-order chi connectivity index (χ0) is 23.5. The van der Waals surface area contributed by atoms with Gasteiger partial charge < -0.3 is 19.5 Å². The fraction of sp³-hybridized carbons (Fsp3) is 0.423. The Hall–Kier alpha value is -3.13. The Morgan fingerprint density at radius 3 is 2.76 bits per heavy atom. The summed E-state index contributed by atoms with van der Waals surface area (Å²) in [5.74, 6) is 0.511. The summed E-state index contributed by atoms with van der Waals surface area (Å²) in [6.07, 6.45) is 3.72. The van der Waals surface area contributed by atoms with Crippen LogP contribution in [-0.2, 0) is 14.3 Å². The van der Waals surface area contributed by atoms with Crippen LogP contribution in [0, 0.1) is 5.92 Å². The number of thiazole rings is 1. The SMILES string of the molecule is CC(NC(=O)COC(=O)C1CCCCC1c1nc2ccccc2s1)c1ccc2c(c1)OCCO2. The topological polar surface area (TPSA) is 86.8 Å². The first-order chi connectivity index (χ1) is 16.6. The number of ether oxygens (including phenoxy) is 3. The number of amides is 1. The van der Waals surface area contributed by atoms with Crippen molar-refractivity contribution in [3.63, 3.8) is 0 Å². The smallest absolute Gasteiger partial charge is 0.310 e. The molecule has 34 heavy (non-hydrogen) atoms. The van der Waals surface area contributed by atoms with E-state index >= 15 is 0 Å². The molecule has 1 aliphatic carbocycles. The van der Waals surface area contributed by atoms with Gasteiger partial charge in [-0.25, -0.2) is 4.98 Å². The minimum absolute atomic E-state index is 0.0401. The van der Waals surface area contributed by atoms with Crippen LogP contribution in [0.3, 0.4) is 0 Å². The van der Waals surface area contributed by atoms with Crippen LogP contribution in [-0.4, -0.2) is 36.7 Å². The van der Waals surface area contributed by atoms with Crippen LogP contribution in [0.25, 0.3) is 10.2 Å². The van der Waals surface area contributed by atoms with E-state index < -0.39 is 0 Å². The number of rotatable bonds is 6. The highest BCUT2D eigenvalue weighted by atomic mass is 32.1. The van der Waals surface area contributed by atoms with Gasteiger partial charge in [-0.15, -0.1) is 11.3 Å². The summed E-state index contributed by atoms with van der Waals surface area (Å²) < 4.78 is 17.8. The van der Waals surface area contributed by atoms with Gasteiger partial charge in [-0.1, -0.05) is 31.0 Å². The van der Waals surface area contributed by atoms with Crippen molar-refractivity contribution in [2.45, 2.75) is 44.6 Å². The van der Waals surface area contributed by atoms with E-state index in [0.717, 1.165) is 46.5 Å². The summed E-state index contributed by atoms with van der Waals surface area (Å²) in [6.45, 7) is 2.63. The fourth-order valence-electron chi connectivity index (χ4n) is 4.70. The van der Waals surface area contributed by atoms with E-state index in [-0.39, 0.29) is 36.4 Å². The van der Waals surface area contributed by atoms with E-state index in [1.54, 1.807) is 11.3 Å². The van der Waals surface area contributed by atoms with Gasteiger partial charge in [-0.2, -0.15) is 0 Å². The average molecular weight is 481 g/mol. The van der Waals surface area contributed by atoms with E-state index in [2.05, 4.69) is 11.4 Å². The van der Waals surface area contributed by atoms with Crippen molar-refractivity contribution in [3.05, 3.63) is 53.0 Å². The van der Waals surface area contributed by atoms with Gasteiger partial charge in [0.15, 0.2) is 18.1 Å². The lowest BCUT2D eigenvalue weighted by Gasteiger charge is -2.28. The van der Waals surface area contributed by atoms with E-state index in [0.29, 0.717) is 24.7 Å². The van der Waals surface area contributed by atoms with Crippen molar-refractivity contribution in [1.29, 1.82) is 0 Å². The first-order valence-corrected chi connectivity index (χ1v) is 12.6. The molecular weight excluding hydrogens is 452 g/mol. The number of aromatic nitrogens is 1. The van der Waals surface area contributed by atoms with Gasteiger partial charge in [0.05, 0.1) is 27.2 Å². The van der Waals surface area contributed by atoms with Crippen LogP contribution in [0.4, 0.5) is 0 Å². The minimum atomic E-state index is -0.330. The first kappa shape index (κ1) is 22.7. The number of benzene rings is 2. The lowest BCUT2D eigenvalue weighted by atomic mass is 9.79. The number of hydrogen-bond acceptors (Lipinski definition) is 7. The predicted molar refractivity (Wildman–Crippen MR) is 129 cm³/mol. The number of nitrogens with one attached hydrogen (secondary N) is 1. The lowest BCUT2D eigenvalue weighted by Crippen LogP contribution is -2.34. The average Bonchev–Trinajstić information content (AvgIpc) is 3.31. The molecule has 8 heteroatoms. The molecule has 3 aromatic rings. The molecule has 1 N–H and O–H groups in total. The maximum atomic E-state index is 13.0. The highest BCUT2D eigenvalue weighted by Gasteiger charge is 2.35. The summed E-state index contributed by atoms with van der Waals surface area (Å²) >= 11 is 1.65. The highest BCUT2D eigenvalue weighted by molar-refractivity contribution is 7.18. The molecule has 1 fully saturated rings. The molecule has 3 unspecified atom stereocenters. The van der Waals surface area contributed by atoms with Crippen molar-refractivity contribution < 1.29 is 23.8 Å². The van der Waals surface area contributed by atoms with Crippen LogP contribution in [0.2, 0.25) is 0 Å². The van der Waals surface area contributed by atoms with Gasteiger partial charge in [0, 0.05) is 5.92 Å². The Kier molecular flexibility index (Phi) is 6.67. The number of para-hydroxylation sites is 1. The van der Waals surface area contributed by atoms with Crippen LogP contribution >= 0.6 is 11.3 Å². The number of esters is 1. The number of carbonyl (C=O) groups is 2. The van der Waals surface area contributed by atoms with Crippen molar-refractivity contribution in [1.82, 2.24) is 10.3 Å². The summed E-state index contributed by atoms with van der Waals surface area (Å²) in [4.78, 5) is 30.3. The molecule has 1 saturated carbocycles. The Morgan fingerprint density at radius 2 is 1.91 bits per heavy atom. The van der Waals surface area contributed by atoms with Gasteiger partial charge >= 0.3 is 5.97 Å². The van der Waals surface area contributed by atoms with Crippen LogP contribution in [0.1, 0.15) is 55.1 Å². The van der Waals surface area contributed by atoms with Crippen LogP contribution in [0.15, 0.2) is 42.5 Å². The van der Waals surface area contributed by atoms with Crippen molar-refractivity contribution in [2.75, 3.05) is 19.8 Å². The van der Waals surface area contributed by atoms with Crippen LogP contribution < -0.4 is 14.8 Å². The Morgan fingerprint density at radius 1 is 1.12 bits per heavy atom. The minimum Gasteiger partial charge on any atom is -0.486 e. The molecule has 1 aromatic heterocycles. The maximum absolute atomic E-state index is 13.0. The van der Waals surface area contributed by atoms with Gasteiger partial charge in [-0.3, -0.25) is 9.59 Å². The summed E-state index contributed by atoms with van der Waals surface area (Å²) in [5.41, 5.74) is 1.86. The number of carbonyl (C=O) groups excluding carboxylic acids is 2. The second-order valence-corrected chi connectivity index (χ2v) is 9.88. The summed E-state index contributed by atoms with van der Waals surface area (Å²) in [6, 6.07) is 13.4. The van der Waals surface area contributed by atoms with Gasteiger partial charge in [0.2, 0.25) is 0 Å². The van der Waals surface area contributed by atoms with Crippen molar-refractivity contribution >= 4 is 33.4 Å². The molecule has 7 nitrogen and oxygen atoms in total. The maximum Gasteiger partial charge on any atom is 0.310 e. The van der Waals surface area contributed by atoms with E-state index in [9.17, 15) is 9.59 Å². The monoisotopic (exact) mass is 480 g/mol. The molecule has 2 aliphatic rings. The van der Waals surface area contributed by atoms with Gasteiger partial charge in [-0.05, 0) is 49.6 Å². The summed E-state index contributed by atoms with van der Waals surface area (Å²) in [5, 5.41) is 3.88. The zero-order valence-corrected chi connectivity index (χ0v) is 19.9. The third-order valence-corrected chi connectivity index (χ3v) is 7.65. The number of hydrogen-bond donors (Lipinski definition) is 1. The van der Waals surface area contributed by atoms with Crippen molar-refractivity contribution in [2.24, 2.45) is 5.92 Å². The van der Waals surface area contributed by atoms with Gasteiger partial charge in [0.1, 0.15) is 13.2 Å². The summed E-state index contributed by atoms with van der Waals surface area (Å²) in [7, 11) is 0. The number of fused-ring (bicyclic) bond motifs is 2. The molecule has 5 rings (SSSR count). The first-order valence-electron chi connectivity index (χ1n) is 11.8. The molecule has 1 aliphatic heterocycles. The standard InChI is InChI=1S/C26H28N2O5S/c1-16(17-10-11-21-22(14-17)32-13-12-31-21)27-24(29)15-33-26(30)19-7-3-2-6-18(19)25-28-20-8-4-5-9-23(20)34-25/h4-5,8-11,14,16,18-19H,2-3,6-7,12-13,15H2,1H3,(H,27,29). The molecule has 1 amide bonds. The van der Waals surface area contributed by atoms with E-state index in [1.807, 2.05) is 43.3 Å². The highest BCUT2D eigenvalue weighted by Crippen LogP contribution is 2.41. The Labute approximate surface area is 202 Å². The second-order valence-electron chi connectivity index (χ2n) is 8.82. The molecule has 0 radical (unpaired) electrons. The van der Waals surface area contributed by atoms with E-state index in [1.165, 1.54) is 0 Å². The lowest BCUT2D eigenvalue weighted by molar-refractivity contribution is -0.154. The third kappa shape index (κ3) is 4.87. The zero-order valence-electron chi connectivity index (χ0n) is 19.1. The van der Waals surface area contributed by atoms with E-state index in [4.69, 9.17) is 19.2 Å². The molecule has 0 spiro atoms. The molecular formula is C26H28N2O5S. The molecule has 3 atom stereocenters. The normalized spacial score (nSPS) is 20.5. The largest absolute Gasteiger partial charge is 0.486 e. The van der Waals surface area contributed by atoms with Crippen molar-refractivity contribution in [3.8, 4) is 11.5 Å². The Balaban J connectivity index is 1.18. The quantitative estimate of drug-likeness (QED) is 0.512. The molecule has 2 aromatic carbocycles. The second kappa shape index (κ2) is 10.0. The molecule has 0 bridgehead atoms. The van der Waals surface area contributed by atoms with Gasteiger partial charge in [0.25, 0.3) is 5.91 Å². The van der Waals surface area contributed by atoms with Crippen LogP contribution in [0.5, 0.6) is 11.5 Å². The Bertz CT molecular complexity index is 1160. The number of nitrogens with zero attached hydrogens (tertiary/aromatic N) is 1. The fourth-order valence-corrected chi connectivity index (χ4v) is 5.86. The molecule has 178 valence electrons. The predicted octanol–water partition coefficient (Wildman–Crippen LogP) is 4.76.